The van der Waals surface area contributed by atoms with Crippen molar-refractivity contribution in [3.8, 4) is 0 Å². The lowest BCUT2D eigenvalue weighted by molar-refractivity contribution is -0.142. The average molecular weight is 331 g/mol. The number of benzene rings is 1. The molecule has 1 rings (SSSR count). The first-order valence-electron chi connectivity index (χ1n) is 7.03. The lowest BCUT2D eigenvalue weighted by Crippen LogP contribution is -2.33. The minimum Gasteiger partial charge on any atom is -0.481 e. The van der Waals surface area contributed by atoms with E-state index in [1.54, 1.807) is 0 Å². The molecule has 5 nitrogen and oxygen atoms in total. The molecule has 0 aromatic heterocycles. The van der Waals surface area contributed by atoms with E-state index in [2.05, 4.69) is 4.72 Å². The van der Waals surface area contributed by atoms with Gasteiger partial charge in [-0.2, -0.15) is 0 Å². The monoisotopic (exact) mass is 331 g/mol. The summed E-state index contributed by atoms with van der Waals surface area (Å²) in [5.74, 6) is -2.14. The molecule has 0 aliphatic carbocycles. The third kappa shape index (κ3) is 4.78. The van der Waals surface area contributed by atoms with Gasteiger partial charge in [-0.15, -0.1) is 0 Å². The van der Waals surface area contributed by atoms with Gasteiger partial charge in [-0.1, -0.05) is 13.8 Å². The molecule has 22 heavy (non-hydrogen) atoms. The summed E-state index contributed by atoms with van der Waals surface area (Å²) in [5.41, 5.74) is 0.467. The highest BCUT2D eigenvalue weighted by molar-refractivity contribution is 7.89. The number of carbonyl (C=O) groups is 1. The SMILES string of the molecule is Cc1cc(S(=O)(=O)NCC(CC(C)C)C(=O)O)cc(C)c1F. The van der Waals surface area contributed by atoms with E-state index in [0.717, 1.165) is 0 Å². The van der Waals surface area contributed by atoms with E-state index < -0.39 is 27.7 Å². The van der Waals surface area contributed by atoms with Crippen LogP contribution in [0, 0.1) is 31.5 Å². The van der Waals surface area contributed by atoms with Gasteiger partial charge in [0.05, 0.1) is 10.8 Å². The summed E-state index contributed by atoms with van der Waals surface area (Å²) in [7, 11) is -3.87. The molecule has 0 bridgehead atoms. The van der Waals surface area contributed by atoms with Gasteiger partial charge in [0.15, 0.2) is 0 Å². The molecule has 2 N–H and O–H groups in total. The summed E-state index contributed by atoms with van der Waals surface area (Å²) >= 11 is 0. The Bertz CT molecular complexity index is 633. The fourth-order valence-corrected chi connectivity index (χ4v) is 3.45. The fourth-order valence-electron chi connectivity index (χ4n) is 2.20. The zero-order valence-electron chi connectivity index (χ0n) is 13.2. The quantitative estimate of drug-likeness (QED) is 0.804. The first kappa shape index (κ1) is 18.6. The van der Waals surface area contributed by atoms with Crippen molar-refractivity contribution in [2.24, 2.45) is 11.8 Å². The van der Waals surface area contributed by atoms with Gasteiger partial charge >= 0.3 is 5.97 Å². The highest BCUT2D eigenvalue weighted by Crippen LogP contribution is 2.19. The van der Waals surface area contributed by atoms with Crippen LogP contribution in [-0.4, -0.2) is 26.0 Å². The number of aryl methyl sites for hydroxylation is 2. The van der Waals surface area contributed by atoms with Crippen LogP contribution in [0.15, 0.2) is 17.0 Å². The maximum absolute atomic E-state index is 13.6. The summed E-state index contributed by atoms with van der Waals surface area (Å²) < 4.78 is 40.3. The van der Waals surface area contributed by atoms with E-state index in [9.17, 15) is 17.6 Å². The van der Waals surface area contributed by atoms with Gasteiger partial charge < -0.3 is 5.11 Å². The van der Waals surface area contributed by atoms with Crippen LogP contribution in [0.5, 0.6) is 0 Å². The maximum atomic E-state index is 13.6. The predicted molar refractivity (Wildman–Crippen MR) is 81.6 cm³/mol. The Hall–Kier alpha value is -1.47. The van der Waals surface area contributed by atoms with Crippen molar-refractivity contribution >= 4 is 16.0 Å². The number of nitrogens with one attached hydrogen (secondary N) is 1. The van der Waals surface area contributed by atoms with Crippen LogP contribution in [0.25, 0.3) is 0 Å². The average Bonchev–Trinajstić information content (AvgIpc) is 2.39. The van der Waals surface area contributed by atoms with E-state index in [1.165, 1.54) is 26.0 Å². The van der Waals surface area contributed by atoms with Gasteiger partial charge in [-0.3, -0.25) is 4.79 Å². The molecule has 0 radical (unpaired) electrons. The number of hydrogen-bond donors (Lipinski definition) is 2. The van der Waals surface area contributed by atoms with Crippen molar-refractivity contribution in [1.29, 1.82) is 0 Å². The molecule has 0 fully saturated rings. The Kier molecular flexibility index (Phi) is 6.08. The second-order valence-electron chi connectivity index (χ2n) is 5.89. The van der Waals surface area contributed by atoms with E-state index in [1.807, 2.05) is 13.8 Å². The van der Waals surface area contributed by atoms with Crippen LogP contribution in [0.3, 0.4) is 0 Å². The lowest BCUT2D eigenvalue weighted by Gasteiger charge is -2.16. The van der Waals surface area contributed by atoms with Gasteiger partial charge in [-0.25, -0.2) is 17.5 Å². The number of sulfonamides is 1. The molecular formula is C15H22FNO4S. The number of rotatable bonds is 7. The van der Waals surface area contributed by atoms with Crippen molar-refractivity contribution in [3.63, 3.8) is 0 Å². The molecule has 1 unspecified atom stereocenters. The van der Waals surface area contributed by atoms with Crippen molar-refractivity contribution in [3.05, 3.63) is 29.1 Å². The maximum Gasteiger partial charge on any atom is 0.307 e. The zero-order chi connectivity index (χ0) is 17.1. The predicted octanol–water partition coefficient (Wildman–Crippen LogP) is 2.47. The second kappa shape index (κ2) is 7.19. The first-order chi connectivity index (χ1) is 10.0. The van der Waals surface area contributed by atoms with E-state index in [4.69, 9.17) is 5.11 Å². The highest BCUT2D eigenvalue weighted by Gasteiger charge is 2.23. The molecule has 7 heteroatoms. The molecular weight excluding hydrogens is 309 g/mol. The summed E-state index contributed by atoms with van der Waals surface area (Å²) in [6.45, 7) is 6.53. The fraction of sp³-hybridized carbons (Fsp3) is 0.533. The third-order valence-corrected chi connectivity index (χ3v) is 4.75. The molecule has 0 aliphatic heterocycles. The van der Waals surface area contributed by atoms with Crippen LogP contribution in [0.2, 0.25) is 0 Å². The minimum absolute atomic E-state index is 0.0578. The van der Waals surface area contributed by atoms with E-state index >= 15 is 0 Å². The Morgan fingerprint density at radius 2 is 1.77 bits per heavy atom. The molecule has 0 spiro atoms. The highest BCUT2D eigenvalue weighted by atomic mass is 32.2. The van der Waals surface area contributed by atoms with Gasteiger partial charge in [0.25, 0.3) is 0 Å². The van der Waals surface area contributed by atoms with E-state index in [-0.39, 0.29) is 28.5 Å². The van der Waals surface area contributed by atoms with E-state index in [0.29, 0.717) is 6.42 Å². The van der Waals surface area contributed by atoms with Crippen LogP contribution in [0.1, 0.15) is 31.4 Å². The Morgan fingerprint density at radius 3 is 2.18 bits per heavy atom. The summed E-state index contributed by atoms with van der Waals surface area (Å²) in [6, 6.07) is 2.48. The summed E-state index contributed by atoms with van der Waals surface area (Å²) in [5, 5.41) is 9.13. The number of halogens is 1. The van der Waals surface area contributed by atoms with Crippen LogP contribution < -0.4 is 4.72 Å². The lowest BCUT2D eigenvalue weighted by atomic mass is 9.98. The Balaban J connectivity index is 2.94. The largest absolute Gasteiger partial charge is 0.481 e. The van der Waals surface area contributed by atoms with Gasteiger partial charge in [-0.05, 0) is 49.4 Å². The molecule has 1 aromatic carbocycles. The number of hydrogen-bond acceptors (Lipinski definition) is 3. The molecule has 1 atom stereocenters. The van der Waals surface area contributed by atoms with Crippen LogP contribution in [0.4, 0.5) is 4.39 Å². The Morgan fingerprint density at radius 1 is 1.27 bits per heavy atom. The van der Waals surface area contributed by atoms with Crippen molar-refractivity contribution in [1.82, 2.24) is 4.72 Å². The molecule has 0 aliphatic rings. The molecule has 0 amide bonds. The Labute approximate surface area is 130 Å². The number of carboxylic acids is 1. The molecule has 0 saturated heterocycles. The number of carboxylic acid groups (broad SMARTS) is 1. The summed E-state index contributed by atoms with van der Waals surface area (Å²) in [6.07, 6.45) is 0.374. The topological polar surface area (TPSA) is 83.5 Å². The molecule has 124 valence electrons. The van der Waals surface area contributed by atoms with Crippen LogP contribution >= 0.6 is 0 Å². The molecule has 0 heterocycles. The van der Waals surface area contributed by atoms with Crippen molar-refractivity contribution in [2.75, 3.05) is 6.54 Å². The van der Waals surface area contributed by atoms with Crippen LogP contribution in [-0.2, 0) is 14.8 Å². The normalized spacial score (nSPS) is 13.4. The zero-order valence-corrected chi connectivity index (χ0v) is 14.0. The van der Waals surface area contributed by atoms with Gasteiger partial charge in [0.2, 0.25) is 10.0 Å². The first-order valence-corrected chi connectivity index (χ1v) is 8.52. The van der Waals surface area contributed by atoms with Gasteiger partial charge in [0, 0.05) is 6.54 Å². The molecule has 1 aromatic rings. The summed E-state index contributed by atoms with van der Waals surface area (Å²) in [4.78, 5) is 11.1. The van der Waals surface area contributed by atoms with Crippen molar-refractivity contribution in [2.45, 2.75) is 39.0 Å². The van der Waals surface area contributed by atoms with Gasteiger partial charge in [0.1, 0.15) is 5.82 Å². The standard InChI is InChI=1S/C15H22FNO4S/c1-9(2)5-12(15(18)19)8-17-22(20,21)13-6-10(3)14(16)11(4)7-13/h6-7,9,12,17H,5,8H2,1-4H3,(H,18,19). The second-order valence-corrected chi connectivity index (χ2v) is 7.65. The smallest absolute Gasteiger partial charge is 0.307 e. The molecule has 0 saturated carbocycles. The number of aliphatic carboxylic acids is 1. The minimum atomic E-state index is -3.87. The third-order valence-electron chi connectivity index (χ3n) is 3.35. The van der Waals surface area contributed by atoms with Crippen molar-refractivity contribution < 1.29 is 22.7 Å².